The zero-order chi connectivity index (χ0) is 16.8. The SMILES string of the molecule is Cc1ccc(SCCC(=O)NCC2COc3ccccc3C2)cc1. The maximum absolute atomic E-state index is 12.0. The molecule has 2 aromatic carbocycles. The molecule has 0 bridgehead atoms. The van der Waals surface area contributed by atoms with Gasteiger partial charge in [-0.25, -0.2) is 0 Å². The second-order valence-corrected chi connectivity index (χ2v) is 7.37. The minimum Gasteiger partial charge on any atom is -0.493 e. The molecule has 0 aliphatic carbocycles. The minimum absolute atomic E-state index is 0.119. The molecule has 1 N–H and O–H groups in total. The number of fused-ring (bicyclic) bond motifs is 1. The molecule has 3 rings (SSSR count). The van der Waals surface area contributed by atoms with Gasteiger partial charge in [0.25, 0.3) is 0 Å². The molecule has 1 amide bonds. The van der Waals surface area contributed by atoms with E-state index in [0.717, 1.165) is 17.9 Å². The van der Waals surface area contributed by atoms with Crippen molar-refractivity contribution in [1.82, 2.24) is 5.32 Å². The number of thioether (sulfide) groups is 1. The van der Waals surface area contributed by atoms with E-state index in [-0.39, 0.29) is 5.91 Å². The molecule has 126 valence electrons. The van der Waals surface area contributed by atoms with E-state index >= 15 is 0 Å². The van der Waals surface area contributed by atoms with E-state index in [1.54, 1.807) is 11.8 Å². The maximum atomic E-state index is 12.0. The number of nitrogens with one attached hydrogen (secondary N) is 1. The van der Waals surface area contributed by atoms with Crippen molar-refractivity contribution in [2.45, 2.75) is 24.7 Å². The Balaban J connectivity index is 1.36. The largest absolute Gasteiger partial charge is 0.493 e. The lowest BCUT2D eigenvalue weighted by Gasteiger charge is -2.25. The Morgan fingerprint density at radius 1 is 1.21 bits per heavy atom. The first-order valence-corrected chi connectivity index (χ1v) is 9.36. The minimum atomic E-state index is 0.119. The Hall–Kier alpha value is -1.94. The number of aryl methyl sites for hydroxylation is 1. The smallest absolute Gasteiger partial charge is 0.220 e. The lowest BCUT2D eigenvalue weighted by atomic mass is 9.97. The van der Waals surface area contributed by atoms with Crippen LogP contribution in [0.2, 0.25) is 0 Å². The van der Waals surface area contributed by atoms with Crippen LogP contribution in [-0.4, -0.2) is 24.8 Å². The molecule has 1 heterocycles. The molecular weight excluding hydrogens is 318 g/mol. The Labute approximate surface area is 147 Å². The zero-order valence-corrected chi connectivity index (χ0v) is 14.8. The summed E-state index contributed by atoms with van der Waals surface area (Å²) in [6, 6.07) is 16.5. The molecule has 1 aliphatic heterocycles. The highest BCUT2D eigenvalue weighted by atomic mass is 32.2. The molecule has 0 saturated heterocycles. The van der Waals surface area contributed by atoms with E-state index in [9.17, 15) is 4.79 Å². The first-order chi connectivity index (χ1) is 11.7. The van der Waals surface area contributed by atoms with Crippen LogP contribution in [0.25, 0.3) is 0 Å². The van der Waals surface area contributed by atoms with Crippen LogP contribution >= 0.6 is 11.8 Å². The van der Waals surface area contributed by atoms with Crippen LogP contribution in [-0.2, 0) is 11.2 Å². The molecule has 4 heteroatoms. The Kier molecular flexibility index (Phi) is 5.81. The molecule has 0 fully saturated rings. The highest BCUT2D eigenvalue weighted by Crippen LogP contribution is 2.26. The number of rotatable bonds is 6. The van der Waals surface area contributed by atoms with E-state index in [1.807, 2.05) is 18.2 Å². The second-order valence-electron chi connectivity index (χ2n) is 6.20. The quantitative estimate of drug-likeness (QED) is 0.811. The fourth-order valence-electron chi connectivity index (χ4n) is 2.76. The van der Waals surface area contributed by atoms with Gasteiger partial charge in [-0.05, 0) is 37.1 Å². The van der Waals surface area contributed by atoms with E-state index in [2.05, 4.69) is 42.6 Å². The van der Waals surface area contributed by atoms with Gasteiger partial charge in [-0.1, -0.05) is 35.9 Å². The van der Waals surface area contributed by atoms with Gasteiger partial charge < -0.3 is 10.1 Å². The molecule has 0 aromatic heterocycles. The highest BCUT2D eigenvalue weighted by molar-refractivity contribution is 7.99. The number of hydrogen-bond acceptors (Lipinski definition) is 3. The van der Waals surface area contributed by atoms with Crippen molar-refractivity contribution in [3.8, 4) is 5.75 Å². The van der Waals surface area contributed by atoms with Gasteiger partial charge in [0.05, 0.1) is 6.61 Å². The molecule has 0 radical (unpaired) electrons. The number of ether oxygens (including phenoxy) is 1. The summed E-state index contributed by atoms with van der Waals surface area (Å²) in [5.41, 5.74) is 2.49. The third-order valence-electron chi connectivity index (χ3n) is 4.16. The summed E-state index contributed by atoms with van der Waals surface area (Å²) in [5.74, 6) is 2.26. The molecule has 0 spiro atoms. The van der Waals surface area contributed by atoms with Gasteiger partial charge in [0.15, 0.2) is 0 Å². The van der Waals surface area contributed by atoms with Crippen molar-refractivity contribution in [3.05, 3.63) is 59.7 Å². The summed E-state index contributed by atoms with van der Waals surface area (Å²) in [4.78, 5) is 13.2. The highest BCUT2D eigenvalue weighted by Gasteiger charge is 2.19. The average Bonchev–Trinajstić information content (AvgIpc) is 2.61. The molecule has 24 heavy (non-hydrogen) atoms. The molecule has 2 aromatic rings. The summed E-state index contributed by atoms with van der Waals surface area (Å²) in [7, 11) is 0. The lowest BCUT2D eigenvalue weighted by molar-refractivity contribution is -0.120. The molecule has 1 unspecified atom stereocenters. The van der Waals surface area contributed by atoms with E-state index in [1.165, 1.54) is 16.0 Å². The van der Waals surface area contributed by atoms with Crippen molar-refractivity contribution < 1.29 is 9.53 Å². The zero-order valence-electron chi connectivity index (χ0n) is 14.0. The predicted octanol–water partition coefficient (Wildman–Crippen LogP) is 3.84. The first kappa shape index (κ1) is 16.9. The molecule has 0 saturated carbocycles. The molecule has 1 atom stereocenters. The fourth-order valence-corrected chi connectivity index (χ4v) is 3.62. The van der Waals surface area contributed by atoms with Crippen LogP contribution in [0.3, 0.4) is 0 Å². The standard InChI is InChI=1S/C20H23NO2S/c1-15-6-8-18(9-7-15)24-11-10-20(22)21-13-16-12-17-4-2-3-5-19(17)23-14-16/h2-9,16H,10-14H2,1H3,(H,21,22). The van der Waals surface area contributed by atoms with Crippen LogP contribution in [0, 0.1) is 12.8 Å². The van der Waals surface area contributed by atoms with Crippen molar-refractivity contribution in [1.29, 1.82) is 0 Å². The van der Waals surface area contributed by atoms with E-state index in [4.69, 9.17) is 4.74 Å². The van der Waals surface area contributed by atoms with E-state index < -0.39 is 0 Å². The predicted molar refractivity (Wildman–Crippen MR) is 98.7 cm³/mol. The van der Waals surface area contributed by atoms with Gasteiger partial charge in [-0.15, -0.1) is 11.8 Å². The van der Waals surface area contributed by atoms with Crippen LogP contribution in [0.4, 0.5) is 0 Å². The van der Waals surface area contributed by atoms with Crippen molar-refractivity contribution >= 4 is 17.7 Å². The molecule has 1 aliphatic rings. The number of carbonyl (C=O) groups is 1. The number of hydrogen-bond donors (Lipinski definition) is 1. The number of para-hydroxylation sites is 1. The Morgan fingerprint density at radius 3 is 2.83 bits per heavy atom. The normalized spacial score (nSPS) is 16.1. The Bertz CT molecular complexity index is 684. The number of amides is 1. The van der Waals surface area contributed by atoms with E-state index in [0.29, 0.717) is 25.5 Å². The van der Waals surface area contributed by atoms with Crippen LogP contribution < -0.4 is 10.1 Å². The van der Waals surface area contributed by atoms with Gasteiger partial charge in [0.1, 0.15) is 5.75 Å². The first-order valence-electron chi connectivity index (χ1n) is 8.37. The topological polar surface area (TPSA) is 38.3 Å². The molecule has 3 nitrogen and oxygen atoms in total. The summed E-state index contributed by atoms with van der Waals surface area (Å²) in [6.07, 6.45) is 1.51. The second kappa shape index (κ2) is 8.25. The van der Waals surface area contributed by atoms with Gasteiger partial charge in [-0.2, -0.15) is 0 Å². The van der Waals surface area contributed by atoms with Crippen LogP contribution in [0.15, 0.2) is 53.4 Å². The molecular formula is C20H23NO2S. The van der Waals surface area contributed by atoms with Crippen LogP contribution in [0.5, 0.6) is 5.75 Å². The van der Waals surface area contributed by atoms with Gasteiger partial charge in [-0.3, -0.25) is 4.79 Å². The maximum Gasteiger partial charge on any atom is 0.220 e. The monoisotopic (exact) mass is 341 g/mol. The summed E-state index contributed by atoms with van der Waals surface area (Å²) in [6.45, 7) is 3.44. The summed E-state index contributed by atoms with van der Waals surface area (Å²) >= 11 is 1.72. The lowest BCUT2D eigenvalue weighted by Crippen LogP contribution is -2.34. The van der Waals surface area contributed by atoms with Crippen LogP contribution in [0.1, 0.15) is 17.5 Å². The Morgan fingerprint density at radius 2 is 2.00 bits per heavy atom. The average molecular weight is 341 g/mol. The number of benzene rings is 2. The van der Waals surface area contributed by atoms with Crippen molar-refractivity contribution in [2.24, 2.45) is 5.92 Å². The van der Waals surface area contributed by atoms with Gasteiger partial charge in [0.2, 0.25) is 5.91 Å². The summed E-state index contributed by atoms with van der Waals surface area (Å²) < 4.78 is 5.76. The number of carbonyl (C=O) groups excluding carboxylic acids is 1. The third-order valence-corrected chi connectivity index (χ3v) is 5.18. The fraction of sp³-hybridized carbons (Fsp3) is 0.350. The third kappa shape index (κ3) is 4.78. The van der Waals surface area contributed by atoms with Crippen molar-refractivity contribution in [3.63, 3.8) is 0 Å². The van der Waals surface area contributed by atoms with Gasteiger partial charge >= 0.3 is 0 Å². The van der Waals surface area contributed by atoms with Crippen molar-refractivity contribution in [2.75, 3.05) is 18.9 Å². The van der Waals surface area contributed by atoms with Gasteiger partial charge in [0, 0.05) is 29.5 Å². The summed E-state index contributed by atoms with van der Waals surface area (Å²) in [5, 5.41) is 3.05.